The van der Waals surface area contributed by atoms with Gasteiger partial charge in [0.15, 0.2) is 5.79 Å². The lowest BCUT2D eigenvalue weighted by Crippen LogP contribution is -2.52. The fourth-order valence-corrected chi connectivity index (χ4v) is 6.34. The van der Waals surface area contributed by atoms with Crippen LogP contribution < -0.4 is 10.1 Å². The molecule has 1 fully saturated rings. The van der Waals surface area contributed by atoms with E-state index < -0.39 is 39.7 Å². The highest BCUT2D eigenvalue weighted by Gasteiger charge is 2.35. The fraction of sp³-hybridized carbons (Fsp3) is 0.581. The Hall–Kier alpha value is -2.70. The van der Waals surface area contributed by atoms with Crippen molar-refractivity contribution in [2.45, 2.75) is 82.3 Å². The van der Waals surface area contributed by atoms with E-state index >= 15 is 0 Å². The van der Waals surface area contributed by atoms with Crippen LogP contribution in [0.3, 0.4) is 0 Å². The lowest BCUT2D eigenvalue weighted by molar-refractivity contribution is -0.149. The molecule has 3 rings (SSSR count). The quantitative estimate of drug-likeness (QED) is 0.325. The number of alkyl carbamates (subject to hydrolysis) is 1. The summed E-state index contributed by atoms with van der Waals surface area (Å²) in [5.74, 6) is -0.240. The van der Waals surface area contributed by atoms with E-state index in [9.17, 15) is 18.3 Å². The second kappa shape index (κ2) is 14.7. The van der Waals surface area contributed by atoms with Crippen molar-refractivity contribution in [3.8, 4) is 5.75 Å². The first kappa shape index (κ1) is 33.8. The zero-order chi connectivity index (χ0) is 31.0. The first-order valence-electron chi connectivity index (χ1n) is 14.3. The largest absolute Gasteiger partial charge is 0.497 e. The molecule has 2 unspecified atom stereocenters. The highest BCUT2D eigenvalue weighted by atomic mass is 32.2. The number of carbonyl (C=O) groups is 1. The maximum absolute atomic E-state index is 13.9. The van der Waals surface area contributed by atoms with Crippen molar-refractivity contribution >= 4 is 16.1 Å². The molecule has 1 saturated heterocycles. The van der Waals surface area contributed by atoms with Crippen LogP contribution in [0, 0.1) is 5.92 Å². The van der Waals surface area contributed by atoms with Crippen LogP contribution in [-0.2, 0) is 30.7 Å². The normalized spacial score (nSPS) is 17.4. The molecule has 0 radical (unpaired) electrons. The van der Waals surface area contributed by atoms with Gasteiger partial charge < -0.3 is 29.4 Å². The highest BCUT2D eigenvalue weighted by Crippen LogP contribution is 2.28. The second-order valence-electron chi connectivity index (χ2n) is 12.0. The molecule has 1 amide bonds. The van der Waals surface area contributed by atoms with Gasteiger partial charge in [-0.25, -0.2) is 13.2 Å². The summed E-state index contributed by atoms with van der Waals surface area (Å²) in [6.45, 7) is 10.1. The van der Waals surface area contributed by atoms with Crippen molar-refractivity contribution in [2.24, 2.45) is 5.92 Å². The van der Waals surface area contributed by atoms with Crippen LogP contribution in [0.15, 0.2) is 59.5 Å². The van der Waals surface area contributed by atoms with Gasteiger partial charge in [0.2, 0.25) is 10.0 Å². The standard InChI is InChI=1S/C31H46N2O8S/c1-23(16-17-31(5)39-18-19-40-31)21-33(42(36,37)26-14-12-25(38-6)13-15-26)22-28(34)27(20-24-10-8-7-9-11-24)32-29(35)41-30(2,3)4/h7-15,23,27-28,34H,16-22H2,1-6H3,(H,32,35)/t23?,27-,28?/m0/s1. The molecule has 2 aromatic carbocycles. The molecule has 10 nitrogen and oxygen atoms in total. The summed E-state index contributed by atoms with van der Waals surface area (Å²) in [7, 11) is -2.51. The first-order chi connectivity index (χ1) is 19.7. The average molecular weight is 607 g/mol. The Labute approximate surface area is 250 Å². The third kappa shape index (κ3) is 10.2. The van der Waals surface area contributed by atoms with Crippen molar-refractivity contribution in [2.75, 3.05) is 33.4 Å². The molecule has 0 aromatic heterocycles. The predicted molar refractivity (Wildman–Crippen MR) is 160 cm³/mol. The van der Waals surface area contributed by atoms with E-state index in [0.717, 1.165) is 5.56 Å². The van der Waals surface area contributed by atoms with Crippen LogP contribution in [-0.4, -0.2) is 80.9 Å². The molecular weight excluding hydrogens is 560 g/mol. The van der Waals surface area contributed by atoms with Crippen molar-refractivity contribution < 1.29 is 37.3 Å². The molecule has 1 aliphatic rings. The van der Waals surface area contributed by atoms with E-state index in [1.165, 1.54) is 23.5 Å². The van der Waals surface area contributed by atoms with Crippen LogP contribution >= 0.6 is 0 Å². The summed E-state index contributed by atoms with van der Waals surface area (Å²) < 4.78 is 51.2. The number of nitrogens with zero attached hydrogens (tertiary/aromatic N) is 1. The maximum Gasteiger partial charge on any atom is 0.407 e. The number of nitrogens with one attached hydrogen (secondary N) is 1. The van der Waals surface area contributed by atoms with Crippen LogP contribution in [0.25, 0.3) is 0 Å². The third-order valence-corrected chi connectivity index (χ3v) is 8.90. The van der Waals surface area contributed by atoms with Crippen LogP contribution in [0.1, 0.15) is 53.0 Å². The number of amides is 1. The molecule has 42 heavy (non-hydrogen) atoms. The Kier molecular flexibility index (Phi) is 11.8. The molecular formula is C31H46N2O8S. The van der Waals surface area contributed by atoms with Crippen molar-refractivity contribution in [3.63, 3.8) is 0 Å². The molecule has 0 bridgehead atoms. The summed E-state index contributed by atoms with van der Waals surface area (Å²) in [4.78, 5) is 12.8. The Bertz CT molecular complexity index is 1230. The third-order valence-electron chi connectivity index (χ3n) is 7.06. The SMILES string of the molecule is COc1ccc(S(=O)(=O)N(CC(C)CCC2(C)OCCO2)CC(O)[C@H](Cc2ccccc2)NC(=O)OC(C)(C)C)cc1. The highest BCUT2D eigenvalue weighted by molar-refractivity contribution is 7.89. The van der Waals surface area contributed by atoms with Gasteiger partial charge in [-0.3, -0.25) is 0 Å². The molecule has 0 saturated carbocycles. The number of aliphatic hydroxyl groups excluding tert-OH is 1. The van der Waals surface area contributed by atoms with E-state index in [2.05, 4.69) is 5.32 Å². The van der Waals surface area contributed by atoms with Crippen LogP contribution in [0.5, 0.6) is 5.75 Å². The maximum atomic E-state index is 13.9. The van der Waals surface area contributed by atoms with Crippen LogP contribution in [0.2, 0.25) is 0 Å². The molecule has 11 heteroatoms. The Balaban J connectivity index is 1.85. The first-order valence-corrected chi connectivity index (χ1v) is 15.8. The summed E-state index contributed by atoms with van der Waals surface area (Å²) in [6.07, 6.45) is -0.406. The zero-order valence-corrected chi connectivity index (χ0v) is 26.4. The zero-order valence-electron chi connectivity index (χ0n) is 25.5. The predicted octanol–water partition coefficient (Wildman–Crippen LogP) is 4.36. The number of carbonyl (C=O) groups excluding carboxylic acids is 1. The topological polar surface area (TPSA) is 124 Å². The minimum Gasteiger partial charge on any atom is -0.497 e. The smallest absolute Gasteiger partial charge is 0.407 e. The van der Waals surface area contributed by atoms with E-state index in [4.69, 9.17) is 18.9 Å². The fourth-order valence-electron chi connectivity index (χ4n) is 4.76. The molecule has 0 spiro atoms. The lowest BCUT2D eigenvalue weighted by atomic mass is 10.00. The number of methoxy groups -OCH3 is 1. The van der Waals surface area contributed by atoms with Gasteiger partial charge in [0, 0.05) is 19.5 Å². The van der Waals surface area contributed by atoms with Crippen molar-refractivity contribution in [1.29, 1.82) is 0 Å². The second-order valence-corrected chi connectivity index (χ2v) is 13.9. The number of hydrogen-bond acceptors (Lipinski definition) is 8. The van der Waals surface area contributed by atoms with E-state index in [0.29, 0.717) is 31.8 Å². The van der Waals surface area contributed by atoms with Gasteiger partial charge >= 0.3 is 6.09 Å². The van der Waals surface area contributed by atoms with Gasteiger partial charge in [-0.2, -0.15) is 4.31 Å². The average Bonchev–Trinajstić information content (AvgIpc) is 3.37. The molecule has 3 atom stereocenters. The van der Waals surface area contributed by atoms with Gasteiger partial charge in [-0.15, -0.1) is 0 Å². The molecule has 0 aliphatic carbocycles. The number of sulfonamides is 1. The minimum absolute atomic E-state index is 0.0804. The lowest BCUT2D eigenvalue weighted by Gasteiger charge is -2.32. The summed E-state index contributed by atoms with van der Waals surface area (Å²) in [5.41, 5.74) is 0.134. The van der Waals surface area contributed by atoms with Gasteiger partial charge in [0.05, 0.1) is 37.4 Å². The number of rotatable bonds is 14. The van der Waals surface area contributed by atoms with Crippen molar-refractivity contribution in [1.82, 2.24) is 9.62 Å². The summed E-state index contributed by atoms with van der Waals surface area (Å²) in [6, 6.07) is 14.7. The monoisotopic (exact) mass is 606 g/mol. The van der Waals surface area contributed by atoms with E-state index in [1.807, 2.05) is 44.2 Å². The molecule has 2 N–H and O–H groups in total. The van der Waals surface area contributed by atoms with Gasteiger partial charge in [-0.1, -0.05) is 37.3 Å². The van der Waals surface area contributed by atoms with Gasteiger partial charge in [0.1, 0.15) is 11.4 Å². The van der Waals surface area contributed by atoms with Gasteiger partial charge in [0.25, 0.3) is 0 Å². The van der Waals surface area contributed by atoms with E-state index in [-0.39, 0.29) is 30.3 Å². The molecule has 2 aromatic rings. The summed E-state index contributed by atoms with van der Waals surface area (Å²) in [5, 5.41) is 14.3. The number of benzene rings is 2. The Morgan fingerprint density at radius 1 is 1.07 bits per heavy atom. The van der Waals surface area contributed by atoms with Crippen LogP contribution in [0.4, 0.5) is 4.79 Å². The Morgan fingerprint density at radius 3 is 2.26 bits per heavy atom. The van der Waals surface area contributed by atoms with E-state index in [1.54, 1.807) is 32.9 Å². The molecule has 1 heterocycles. The molecule has 234 valence electrons. The number of ether oxygens (including phenoxy) is 4. The number of aliphatic hydroxyl groups is 1. The number of hydrogen-bond donors (Lipinski definition) is 2. The summed E-state index contributed by atoms with van der Waals surface area (Å²) >= 11 is 0. The molecule has 1 aliphatic heterocycles. The Morgan fingerprint density at radius 2 is 1.69 bits per heavy atom. The minimum atomic E-state index is -4.02. The van der Waals surface area contributed by atoms with Crippen molar-refractivity contribution in [3.05, 3.63) is 60.2 Å². The van der Waals surface area contributed by atoms with Gasteiger partial charge in [-0.05, 0) is 76.3 Å².